The zero-order valence-corrected chi connectivity index (χ0v) is 15.4. The average Bonchev–Trinajstić information content (AvgIpc) is 3.39. The molecule has 2 atom stereocenters. The lowest BCUT2D eigenvalue weighted by Crippen LogP contribution is -2.40. The van der Waals surface area contributed by atoms with Crippen molar-refractivity contribution in [3.63, 3.8) is 0 Å². The highest BCUT2D eigenvalue weighted by molar-refractivity contribution is 6.30. The van der Waals surface area contributed by atoms with Gasteiger partial charge in [-0.15, -0.1) is 0 Å². The largest absolute Gasteiger partial charge is 0.420 e. The van der Waals surface area contributed by atoms with Gasteiger partial charge in [0.1, 0.15) is 5.82 Å². The third-order valence-corrected chi connectivity index (χ3v) is 5.34. The number of ether oxygens (including phenoxy) is 1. The summed E-state index contributed by atoms with van der Waals surface area (Å²) in [6.45, 7) is 1.02. The number of pyridine rings is 1. The van der Waals surface area contributed by atoms with E-state index in [1.807, 2.05) is 0 Å². The number of nitrogens with zero attached hydrogens (tertiary/aromatic N) is 1. The first-order valence-electron chi connectivity index (χ1n) is 8.45. The fraction of sp³-hybridized carbons (Fsp3) is 0.250. The SMILES string of the molecule is Cc1nc2cccc(N)c2cc1C(c1ccc(Cl)cc1F)C1(C(F)(F)F)CO1. The number of epoxide rings is 1. The minimum absolute atomic E-state index is 0.0929. The maximum absolute atomic E-state index is 14.7. The van der Waals surface area contributed by atoms with Gasteiger partial charge in [0.25, 0.3) is 0 Å². The molecule has 2 heterocycles. The minimum atomic E-state index is -4.70. The molecule has 0 aliphatic carbocycles. The maximum atomic E-state index is 14.7. The number of anilines is 1. The molecule has 0 amide bonds. The molecule has 2 N–H and O–H groups in total. The highest BCUT2D eigenvalue weighted by Crippen LogP contribution is 2.56. The van der Waals surface area contributed by atoms with Crippen LogP contribution in [0.1, 0.15) is 22.7 Å². The summed E-state index contributed by atoms with van der Waals surface area (Å²) < 4.78 is 61.4. The number of nitrogen functional groups attached to an aromatic ring is 1. The molecule has 28 heavy (non-hydrogen) atoms. The molecular formula is C20H15ClF4N2O. The van der Waals surface area contributed by atoms with E-state index in [0.29, 0.717) is 22.3 Å². The summed E-state index contributed by atoms with van der Waals surface area (Å²) in [5.74, 6) is -2.28. The van der Waals surface area contributed by atoms with Gasteiger partial charge in [-0.25, -0.2) is 4.39 Å². The molecule has 1 aliphatic heterocycles. The van der Waals surface area contributed by atoms with Crippen LogP contribution in [-0.2, 0) is 4.74 Å². The number of aryl methyl sites for hydroxylation is 1. The minimum Gasteiger partial charge on any atom is -0.398 e. The first kappa shape index (κ1) is 19.0. The lowest BCUT2D eigenvalue weighted by Gasteiger charge is -2.28. The Labute approximate surface area is 163 Å². The second kappa shape index (κ2) is 6.32. The Kier molecular flexibility index (Phi) is 4.28. The number of rotatable bonds is 3. The number of benzene rings is 2. The summed E-state index contributed by atoms with van der Waals surface area (Å²) in [5.41, 5.74) is 4.79. The quantitative estimate of drug-likeness (QED) is 0.358. The van der Waals surface area contributed by atoms with Gasteiger partial charge >= 0.3 is 6.18 Å². The molecule has 1 aromatic heterocycles. The second-order valence-corrected chi connectivity index (χ2v) is 7.29. The van der Waals surface area contributed by atoms with Gasteiger partial charge in [0.2, 0.25) is 0 Å². The van der Waals surface area contributed by atoms with Crippen LogP contribution in [0.4, 0.5) is 23.2 Å². The van der Waals surface area contributed by atoms with Gasteiger partial charge in [0.05, 0.1) is 18.0 Å². The summed E-state index contributed by atoms with van der Waals surface area (Å²) in [4.78, 5) is 4.40. The number of hydrogen-bond donors (Lipinski definition) is 1. The Morgan fingerprint density at radius 2 is 1.89 bits per heavy atom. The van der Waals surface area contributed by atoms with E-state index in [1.54, 1.807) is 31.2 Å². The fourth-order valence-electron chi connectivity index (χ4n) is 3.60. The molecule has 3 nitrogen and oxygen atoms in total. The van der Waals surface area contributed by atoms with Crippen molar-refractivity contribution in [3.05, 3.63) is 70.1 Å². The zero-order valence-electron chi connectivity index (χ0n) is 14.6. The normalized spacial score (nSPS) is 20.4. The molecule has 0 saturated carbocycles. The molecule has 1 fully saturated rings. The highest BCUT2D eigenvalue weighted by atomic mass is 35.5. The van der Waals surface area contributed by atoms with Crippen molar-refractivity contribution >= 4 is 28.2 Å². The number of hydrogen-bond acceptors (Lipinski definition) is 3. The van der Waals surface area contributed by atoms with E-state index < -0.39 is 30.1 Å². The van der Waals surface area contributed by atoms with Crippen molar-refractivity contribution in [2.45, 2.75) is 24.6 Å². The van der Waals surface area contributed by atoms with Crippen molar-refractivity contribution in [1.82, 2.24) is 4.98 Å². The summed E-state index contributed by atoms with van der Waals surface area (Å²) in [5, 5.41) is 0.593. The summed E-state index contributed by atoms with van der Waals surface area (Å²) in [6.07, 6.45) is -4.70. The van der Waals surface area contributed by atoms with E-state index in [1.165, 1.54) is 12.1 Å². The van der Waals surface area contributed by atoms with Crippen molar-refractivity contribution in [2.24, 2.45) is 0 Å². The molecule has 0 radical (unpaired) electrons. The number of fused-ring (bicyclic) bond motifs is 1. The molecule has 4 rings (SSSR count). The lowest BCUT2D eigenvalue weighted by molar-refractivity contribution is -0.187. The van der Waals surface area contributed by atoms with Gasteiger partial charge in [-0.1, -0.05) is 23.7 Å². The predicted molar refractivity (Wildman–Crippen MR) is 98.9 cm³/mol. The molecule has 1 saturated heterocycles. The highest BCUT2D eigenvalue weighted by Gasteiger charge is 2.71. The van der Waals surface area contributed by atoms with Crippen molar-refractivity contribution in [2.75, 3.05) is 12.3 Å². The van der Waals surface area contributed by atoms with Gasteiger partial charge in [-0.2, -0.15) is 13.2 Å². The Balaban J connectivity index is 2.01. The predicted octanol–water partition coefficient (Wildman–Crippen LogP) is 5.38. The Hall–Kier alpha value is -2.38. The van der Waals surface area contributed by atoms with Gasteiger partial charge in [0.15, 0.2) is 5.60 Å². The van der Waals surface area contributed by atoms with E-state index >= 15 is 0 Å². The lowest BCUT2D eigenvalue weighted by atomic mass is 9.79. The fourth-order valence-corrected chi connectivity index (χ4v) is 3.76. The van der Waals surface area contributed by atoms with Crippen LogP contribution >= 0.6 is 11.6 Å². The first-order chi connectivity index (χ1) is 13.1. The summed E-state index contributed by atoms with van der Waals surface area (Å²) in [6, 6.07) is 10.2. The van der Waals surface area contributed by atoms with E-state index in [4.69, 9.17) is 22.1 Å². The number of aromatic nitrogens is 1. The van der Waals surface area contributed by atoms with Crippen molar-refractivity contribution < 1.29 is 22.3 Å². The Bertz CT molecular complexity index is 1080. The maximum Gasteiger partial charge on any atom is 0.420 e. The first-order valence-corrected chi connectivity index (χ1v) is 8.83. The third kappa shape index (κ3) is 2.89. The van der Waals surface area contributed by atoms with Crippen LogP contribution in [0.15, 0.2) is 42.5 Å². The van der Waals surface area contributed by atoms with Gasteiger partial charge in [0, 0.05) is 21.8 Å². The second-order valence-electron chi connectivity index (χ2n) is 6.85. The summed E-state index contributed by atoms with van der Waals surface area (Å²) >= 11 is 5.80. The van der Waals surface area contributed by atoms with Crippen molar-refractivity contribution in [3.8, 4) is 0 Å². The van der Waals surface area contributed by atoms with Gasteiger partial charge in [-0.3, -0.25) is 4.98 Å². The zero-order chi connectivity index (χ0) is 20.3. The molecule has 8 heteroatoms. The van der Waals surface area contributed by atoms with Crippen LogP contribution < -0.4 is 5.73 Å². The number of halogens is 5. The average molecular weight is 411 g/mol. The third-order valence-electron chi connectivity index (χ3n) is 5.11. The Morgan fingerprint density at radius 3 is 2.50 bits per heavy atom. The van der Waals surface area contributed by atoms with Crippen LogP contribution in [0.25, 0.3) is 10.9 Å². The van der Waals surface area contributed by atoms with Crippen LogP contribution in [0.5, 0.6) is 0 Å². The van der Waals surface area contributed by atoms with E-state index in [9.17, 15) is 17.6 Å². The van der Waals surface area contributed by atoms with Crippen molar-refractivity contribution in [1.29, 1.82) is 0 Å². The molecule has 1 aliphatic rings. The van der Waals surface area contributed by atoms with E-state index in [2.05, 4.69) is 4.98 Å². The van der Waals surface area contributed by atoms with Crippen LogP contribution in [0, 0.1) is 12.7 Å². The van der Waals surface area contributed by atoms with E-state index in [-0.39, 0.29) is 16.1 Å². The number of alkyl halides is 3. The van der Waals surface area contributed by atoms with E-state index in [0.717, 1.165) is 6.07 Å². The van der Waals surface area contributed by atoms with Gasteiger partial charge in [-0.05, 0) is 48.4 Å². The van der Waals surface area contributed by atoms with Crippen LogP contribution in [0.2, 0.25) is 5.02 Å². The molecule has 2 unspecified atom stereocenters. The summed E-state index contributed by atoms with van der Waals surface area (Å²) in [7, 11) is 0. The van der Waals surface area contributed by atoms with Crippen LogP contribution in [0.3, 0.4) is 0 Å². The molecular weight excluding hydrogens is 396 g/mol. The molecule has 3 aromatic rings. The molecule has 2 aromatic carbocycles. The smallest absolute Gasteiger partial charge is 0.398 e. The standard InChI is InChI=1S/C20H15ClF4N2O/c1-10-13(8-14-16(26)3-2-4-17(14)27-10)18(19(9-28-19)20(23,24)25)12-6-5-11(21)7-15(12)22/h2-8,18H,9,26H2,1H3. The monoisotopic (exact) mass is 410 g/mol. The van der Waals surface area contributed by atoms with Crippen LogP contribution in [-0.4, -0.2) is 23.4 Å². The Morgan fingerprint density at radius 1 is 1.18 bits per heavy atom. The molecule has 0 spiro atoms. The molecule has 146 valence electrons. The topological polar surface area (TPSA) is 51.4 Å². The molecule has 0 bridgehead atoms. The number of nitrogens with two attached hydrogens (primary N) is 1. The van der Waals surface area contributed by atoms with Gasteiger partial charge < -0.3 is 10.5 Å².